The molecule has 0 radical (unpaired) electrons. The lowest BCUT2D eigenvalue weighted by Gasteiger charge is -2.25. The zero-order chi connectivity index (χ0) is 12.8. The second kappa shape index (κ2) is 6.50. The molecule has 1 saturated heterocycles. The second-order valence-electron chi connectivity index (χ2n) is 4.79. The summed E-state index contributed by atoms with van der Waals surface area (Å²) in [5.74, 6) is 0.260. The molecular formula is C16H21NO. The number of Topliss-reactive ketones (excluding diaryl/α,β-unsaturated/α-hetero) is 1. The molecule has 1 fully saturated rings. The molecule has 0 spiro atoms. The van der Waals surface area contributed by atoms with Crippen LogP contribution in [0.5, 0.6) is 0 Å². The lowest BCUT2D eigenvalue weighted by atomic mass is 10.00. The molecule has 96 valence electrons. The smallest absolute Gasteiger partial charge is 0.180 e. The van der Waals surface area contributed by atoms with Crippen molar-refractivity contribution in [3.8, 4) is 0 Å². The summed E-state index contributed by atoms with van der Waals surface area (Å²) >= 11 is 0. The maximum Gasteiger partial charge on any atom is 0.180 e. The Balaban J connectivity index is 2.14. The standard InChI is InChI=1S/C16H21NO/c1-2-3-11-15(17-12-7-8-13-17)16(18)14-9-5-4-6-10-14/h2-6,9-10,15H,7-8,11-13H2,1H3/b3-2+. The lowest BCUT2D eigenvalue weighted by molar-refractivity contribution is 0.0851. The maximum atomic E-state index is 12.6. The summed E-state index contributed by atoms with van der Waals surface area (Å²) in [6, 6.07) is 9.68. The number of nitrogens with zero attached hydrogens (tertiary/aromatic N) is 1. The van der Waals surface area contributed by atoms with Gasteiger partial charge in [0, 0.05) is 5.56 Å². The molecule has 2 nitrogen and oxygen atoms in total. The van der Waals surface area contributed by atoms with E-state index in [0.29, 0.717) is 0 Å². The summed E-state index contributed by atoms with van der Waals surface area (Å²) in [5, 5.41) is 0. The average molecular weight is 243 g/mol. The molecule has 2 rings (SSSR count). The van der Waals surface area contributed by atoms with E-state index >= 15 is 0 Å². The van der Waals surface area contributed by atoms with Gasteiger partial charge in [-0.25, -0.2) is 0 Å². The van der Waals surface area contributed by atoms with Gasteiger partial charge >= 0.3 is 0 Å². The number of carbonyl (C=O) groups is 1. The molecule has 0 aliphatic carbocycles. The minimum atomic E-state index is 0.0195. The van der Waals surface area contributed by atoms with Gasteiger partial charge in [0.25, 0.3) is 0 Å². The van der Waals surface area contributed by atoms with Crippen LogP contribution in [-0.4, -0.2) is 29.8 Å². The van der Waals surface area contributed by atoms with E-state index in [4.69, 9.17) is 0 Å². The van der Waals surface area contributed by atoms with E-state index in [1.165, 1.54) is 12.8 Å². The van der Waals surface area contributed by atoms with E-state index in [1.807, 2.05) is 43.3 Å². The van der Waals surface area contributed by atoms with Crippen LogP contribution in [0.2, 0.25) is 0 Å². The Bertz CT molecular complexity index is 404. The number of allylic oxidation sites excluding steroid dienone is 1. The van der Waals surface area contributed by atoms with Crippen LogP contribution >= 0.6 is 0 Å². The number of benzene rings is 1. The largest absolute Gasteiger partial charge is 0.293 e. The first-order valence-electron chi connectivity index (χ1n) is 6.77. The predicted octanol–water partition coefficient (Wildman–Crippen LogP) is 3.30. The summed E-state index contributed by atoms with van der Waals surface area (Å²) in [6.07, 6.45) is 7.39. The van der Waals surface area contributed by atoms with E-state index in [9.17, 15) is 4.79 Å². The Hall–Kier alpha value is -1.41. The van der Waals surface area contributed by atoms with Gasteiger partial charge in [0.15, 0.2) is 5.78 Å². The second-order valence-corrected chi connectivity index (χ2v) is 4.79. The minimum Gasteiger partial charge on any atom is -0.293 e. The van der Waals surface area contributed by atoms with Crippen molar-refractivity contribution >= 4 is 5.78 Å². The highest BCUT2D eigenvalue weighted by Gasteiger charge is 2.27. The van der Waals surface area contributed by atoms with Gasteiger partial charge in [0.2, 0.25) is 0 Å². The number of hydrogen-bond acceptors (Lipinski definition) is 2. The molecule has 0 N–H and O–H groups in total. The van der Waals surface area contributed by atoms with E-state index in [-0.39, 0.29) is 11.8 Å². The van der Waals surface area contributed by atoms with Crippen molar-refractivity contribution in [2.45, 2.75) is 32.2 Å². The molecule has 0 aromatic heterocycles. The van der Waals surface area contributed by atoms with Crippen LogP contribution in [-0.2, 0) is 0 Å². The summed E-state index contributed by atoms with van der Waals surface area (Å²) in [5.41, 5.74) is 0.832. The van der Waals surface area contributed by atoms with Gasteiger partial charge in [-0.3, -0.25) is 9.69 Å². The summed E-state index contributed by atoms with van der Waals surface area (Å²) in [6.45, 7) is 4.12. The fourth-order valence-corrected chi connectivity index (χ4v) is 2.53. The predicted molar refractivity (Wildman–Crippen MR) is 74.8 cm³/mol. The molecule has 1 aliphatic heterocycles. The third kappa shape index (κ3) is 3.08. The van der Waals surface area contributed by atoms with Gasteiger partial charge < -0.3 is 0 Å². The number of likely N-dealkylation sites (tertiary alicyclic amines) is 1. The molecule has 1 heterocycles. The third-order valence-corrected chi connectivity index (χ3v) is 3.54. The van der Waals surface area contributed by atoms with Gasteiger partial charge in [-0.2, -0.15) is 0 Å². The Labute approximate surface area is 109 Å². The summed E-state index contributed by atoms with van der Waals surface area (Å²) in [7, 11) is 0. The van der Waals surface area contributed by atoms with Crippen molar-refractivity contribution in [3.63, 3.8) is 0 Å². The number of carbonyl (C=O) groups excluding carboxylic acids is 1. The van der Waals surface area contributed by atoms with E-state index in [2.05, 4.69) is 11.0 Å². The van der Waals surface area contributed by atoms with Crippen molar-refractivity contribution in [3.05, 3.63) is 48.0 Å². The molecule has 1 aromatic carbocycles. The van der Waals surface area contributed by atoms with Crippen LogP contribution in [0.15, 0.2) is 42.5 Å². The summed E-state index contributed by atoms with van der Waals surface area (Å²) in [4.78, 5) is 14.9. The average Bonchev–Trinajstić information content (AvgIpc) is 2.94. The first-order chi connectivity index (χ1) is 8.83. The van der Waals surface area contributed by atoms with Crippen molar-refractivity contribution in [2.75, 3.05) is 13.1 Å². The molecule has 18 heavy (non-hydrogen) atoms. The topological polar surface area (TPSA) is 20.3 Å². The van der Waals surface area contributed by atoms with Crippen LogP contribution in [0.3, 0.4) is 0 Å². The van der Waals surface area contributed by atoms with Gasteiger partial charge in [0.1, 0.15) is 0 Å². The first-order valence-corrected chi connectivity index (χ1v) is 6.77. The van der Waals surface area contributed by atoms with Crippen LogP contribution in [0.4, 0.5) is 0 Å². The molecule has 0 amide bonds. The SMILES string of the molecule is C/C=C/CC(C(=O)c1ccccc1)N1CCCC1. The van der Waals surface area contributed by atoms with Crippen LogP contribution in [0, 0.1) is 0 Å². The fourth-order valence-electron chi connectivity index (χ4n) is 2.53. The zero-order valence-electron chi connectivity index (χ0n) is 11.0. The van der Waals surface area contributed by atoms with Crippen molar-refractivity contribution in [1.29, 1.82) is 0 Å². The Kier molecular flexibility index (Phi) is 4.71. The lowest BCUT2D eigenvalue weighted by Crippen LogP contribution is -2.39. The number of hydrogen-bond donors (Lipinski definition) is 0. The molecular weight excluding hydrogens is 222 g/mol. The molecule has 1 aromatic rings. The number of rotatable bonds is 5. The van der Waals surface area contributed by atoms with Crippen molar-refractivity contribution < 1.29 is 4.79 Å². The normalized spacial score (nSPS) is 18.3. The van der Waals surface area contributed by atoms with E-state index < -0.39 is 0 Å². The molecule has 1 unspecified atom stereocenters. The fraction of sp³-hybridized carbons (Fsp3) is 0.438. The number of ketones is 1. The first kappa shape index (κ1) is 13.0. The molecule has 2 heteroatoms. The molecule has 0 saturated carbocycles. The van der Waals surface area contributed by atoms with Crippen molar-refractivity contribution in [1.82, 2.24) is 4.90 Å². The quantitative estimate of drug-likeness (QED) is 0.584. The summed E-state index contributed by atoms with van der Waals surface area (Å²) < 4.78 is 0. The van der Waals surface area contributed by atoms with E-state index in [0.717, 1.165) is 25.1 Å². The highest BCUT2D eigenvalue weighted by Crippen LogP contribution is 2.18. The minimum absolute atomic E-state index is 0.0195. The van der Waals surface area contributed by atoms with E-state index in [1.54, 1.807) is 0 Å². The van der Waals surface area contributed by atoms with Crippen LogP contribution < -0.4 is 0 Å². The van der Waals surface area contributed by atoms with Gasteiger partial charge in [-0.05, 0) is 39.3 Å². The molecule has 1 atom stereocenters. The third-order valence-electron chi connectivity index (χ3n) is 3.54. The zero-order valence-corrected chi connectivity index (χ0v) is 11.0. The maximum absolute atomic E-state index is 12.6. The molecule has 0 bridgehead atoms. The molecule has 1 aliphatic rings. The Morgan fingerprint density at radius 3 is 2.56 bits per heavy atom. The van der Waals surface area contributed by atoms with Crippen LogP contribution in [0.25, 0.3) is 0 Å². The highest BCUT2D eigenvalue weighted by molar-refractivity contribution is 6.00. The van der Waals surface area contributed by atoms with Gasteiger partial charge in [-0.1, -0.05) is 42.5 Å². The highest BCUT2D eigenvalue weighted by atomic mass is 16.1. The Morgan fingerprint density at radius 1 is 1.28 bits per heavy atom. The van der Waals surface area contributed by atoms with Crippen LogP contribution in [0.1, 0.15) is 36.5 Å². The Morgan fingerprint density at radius 2 is 1.94 bits per heavy atom. The van der Waals surface area contributed by atoms with Gasteiger partial charge in [-0.15, -0.1) is 0 Å². The van der Waals surface area contributed by atoms with Gasteiger partial charge in [0.05, 0.1) is 6.04 Å². The monoisotopic (exact) mass is 243 g/mol. The van der Waals surface area contributed by atoms with Crippen molar-refractivity contribution in [2.24, 2.45) is 0 Å².